The van der Waals surface area contributed by atoms with Crippen molar-refractivity contribution in [1.29, 1.82) is 0 Å². The van der Waals surface area contributed by atoms with Crippen LogP contribution < -0.4 is 5.32 Å². The van der Waals surface area contributed by atoms with E-state index in [9.17, 15) is 14.7 Å². The minimum atomic E-state index is -0.624. The van der Waals surface area contributed by atoms with Gasteiger partial charge in [0, 0.05) is 31.6 Å². The molecule has 224 valence electrons. The number of hydrogen-bond acceptors (Lipinski definition) is 4. The summed E-state index contributed by atoms with van der Waals surface area (Å²) in [6, 6.07) is 14.6. The molecule has 4 atom stereocenters. The summed E-state index contributed by atoms with van der Waals surface area (Å²) in [4.78, 5) is 32.8. The molecule has 2 amide bonds. The van der Waals surface area contributed by atoms with E-state index in [0.717, 1.165) is 64.2 Å². The lowest BCUT2D eigenvalue weighted by atomic mass is 9.66. The maximum Gasteiger partial charge on any atom is 0.226 e. The van der Waals surface area contributed by atoms with Gasteiger partial charge in [0.1, 0.15) is 0 Å². The van der Waals surface area contributed by atoms with Crippen LogP contribution in [0.2, 0.25) is 0 Å². The Balaban J connectivity index is 1.57. The van der Waals surface area contributed by atoms with Crippen molar-refractivity contribution in [3.8, 4) is 0 Å². The van der Waals surface area contributed by atoms with Crippen molar-refractivity contribution in [3.63, 3.8) is 0 Å². The van der Waals surface area contributed by atoms with E-state index in [0.29, 0.717) is 31.1 Å². The van der Waals surface area contributed by atoms with Crippen molar-refractivity contribution in [2.45, 2.75) is 109 Å². The van der Waals surface area contributed by atoms with E-state index in [1.165, 1.54) is 5.56 Å². The van der Waals surface area contributed by atoms with E-state index in [-0.39, 0.29) is 35.5 Å². The van der Waals surface area contributed by atoms with Gasteiger partial charge in [-0.05, 0) is 92.7 Å². The predicted molar refractivity (Wildman–Crippen MR) is 165 cm³/mol. The molecule has 1 saturated carbocycles. The Morgan fingerprint density at radius 1 is 1.10 bits per heavy atom. The first kappa shape index (κ1) is 31.2. The van der Waals surface area contributed by atoms with Gasteiger partial charge in [0.15, 0.2) is 0 Å². The molecule has 6 nitrogen and oxygen atoms in total. The molecule has 41 heavy (non-hydrogen) atoms. The van der Waals surface area contributed by atoms with Crippen molar-refractivity contribution in [1.82, 2.24) is 9.88 Å². The molecule has 0 radical (unpaired) electrons. The first-order valence-corrected chi connectivity index (χ1v) is 16.0. The molecule has 0 spiro atoms. The average Bonchev–Trinajstić information content (AvgIpc) is 2.98. The Labute approximate surface area is 247 Å². The highest BCUT2D eigenvalue weighted by Gasteiger charge is 2.41. The fourth-order valence-electron chi connectivity index (χ4n) is 7.17. The molecule has 2 aromatic rings. The third kappa shape index (κ3) is 8.41. The molecule has 3 unspecified atom stereocenters. The lowest BCUT2D eigenvalue weighted by Gasteiger charge is -2.41. The van der Waals surface area contributed by atoms with Crippen LogP contribution >= 0.6 is 0 Å². The monoisotopic (exact) mass is 561 g/mol. The number of aromatic nitrogens is 1. The van der Waals surface area contributed by atoms with Gasteiger partial charge < -0.3 is 15.3 Å². The van der Waals surface area contributed by atoms with Gasteiger partial charge in [0.2, 0.25) is 11.8 Å². The highest BCUT2D eigenvalue weighted by atomic mass is 16.3. The van der Waals surface area contributed by atoms with Gasteiger partial charge in [0.05, 0.1) is 17.5 Å². The van der Waals surface area contributed by atoms with E-state index in [2.05, 4.69) is 61.4 Å². The zero-order valence-electron chi connectivity index (χ0n) is 25.5. The van der Waals surface area contributed by atoms with Crippen LogP contribution in [0.1, 0.15) is 103 Å². The molecule has 2 N–H and O–H groups in total. The lowest BCUT2D eigenvalue weighted by Crippen LogP contribution is -2.44. The summed E-state index contributed by atoms with van der Waals surface area (Å²) in [6.07, 6.45) is 14.3. The Kier molecular flexibility index (Phi) is 11.0. The van der Waals surface area contributed by atoms with Gasteiger partial charge >= 0.3 is 0 Å². The van der Waals surface area contributed by atoms with Gasteiger partial charge in [-0.1, -0.05) is 63.9 Å². The van der Waals surface area contributed by atoms with E-state index >= 15 is 0 Å². The molecule has 4 rings (SSSR count). The molecule has 0 bridgehead atoms. The number of rotatable bonds is 10. The maximum atomic E-state index is 14.0. The second-order valence-corrected chi connectivity index (χ2v) is 13.1. The number of pyridine rings is 1. The second-order valence-electron chi connectivity index (χ2n) is 13.1. The summed E-state index contributed by atoms with van der Waals surface area (Å²) in [5.74, 6) is 0.582. The SMILES string of the molecule is CCC(C)C[C@]1(c2ccccc2)CCCC(CC2(O)CCC2)C(C)C(=O)N(CCC(=O)Nc2cccnc2)CCC1. The number of benzene rings is 1. The average molecular weight is 562 g/mol. The largest absolute Gasteiger partial charge is 0.390 e. The quantitative estimate of drug-likeness (QED) is 0.323. The number of amides is 2. The summed E-state index contributed by atoms with van der Waals surface area (Å²) in [5.41, 5.74) is 1.52. The number of aliphatic hydroxyl groups is 1. The molecule has 6 heteroatoms. The van der Waals surface area contributed by atoms with Crippen LogP contribution in [0.25, 0.3) is 0 Å². The molecule has 1 aromatic heterocycles. The minimum Gasteiger partial charge on any atom is -0.390 e. The van der Waals surface area contributed by atoms with E-state index in [1.54, 1.807) is 18.5 Å². The molecule has 1 saturated heterocycles. The van der Waals surface area contributed by atoms with Crippen LogP contribution in [0.4, 0.5) is 5.69 Å². The number of carbonyl (C=O) groups excluding carboxylic acids is 2. The smallest absolute Gasteiger partial charge is 0.226 e. The third-order valence-corrected chi connectivity index (χ3v) is 10.0. The van der Waals surface area contributed by atoms with E-state index in [4.69, 9.17) is 0 Å². The van der Waals surface area contributed by atoms with E-state index in [1.807, 2.05) is 11.0 Å². The number of anilines is 1. The van der Waals surface area contributed by atoms with Gasteiger partial charge in [0.25, 0.3) is 0 Å². The molecule has 1 aliphatic carbocycles. The molecular formula is C35H51N3O3. The zero-order valence-corrected chi connectivity index (χ0v) is 25.5. The standard InChI is InChI=1S/C35H51N3O3/c1-4-27(2)24-34(30-13-6-5-7-14-30)17-8-12-29(25-35(41)19-10-20-35)28(3)33(40)38(22-11-18-34)23-16-32(39)37-31-15-9-21-36-26-31/h5-7,9,13-15,21,26-29,41H,4,8,10-12,16-20,22-25H2,1-3H3,(H,37,39)/t27?,28?,29?,34-/m0/s1. The van der Waals surface area contributed by atoms with Gasteiger partial charge in [-0.3, -0.25) is 14.6 Å². The maximum absolute atomic E-state index is 14.0. The Morgan fingerprint density at radius 3 is 2.51 bits per heavy atom. The molecule has 2 heterocycles. The number of hydrogen-bond donors (Lipinski definition) is 2. The summed E-state index contributed by atoms with van der Waals surface area (Å²) in [5, 5.41) is 14.1. The van der Waals surface area contributed by atoms with Crippen LogP contribution in [0.15, 0.2) is 54.9 Å². The Bertz CT molecular complexity index is 1100. The molecular weight excluding hydrogens is 510 g/mol. The van der Waals surface area contributed by atoms with Crippen LogP contribution in [0.3, 0.4) is 0 Å². The zero-order chi connectivity index (χ0) is 29.3. The number of nitrogens with one attached hydrogen (secondary N) is 1. The molecule has 2 fully saturated rings. The van der Waals surface area contributed by atoms with E-state index < -0.39 is 5.60 Å². The second kappa shape index (κ2) is 14.4. The van der Waals surface area contributed by atoms with Crippen molar-refractivity contribution in [2.75, 3.05) is 18.4 Å². The van der Waals surface area contributed by atoms with Crippen LogP contribution in [0.5, 0.6) is 0 Å². The molecule has 1 aliphatic heterocycles. The fourth-order valence-corrected chi connectivity index (χ4v) is 7.17. The van der Waals surface area contributed by atoms with Gasteiger partial charge in [-0.2, -0.15) is 0 Å². The fraction of sp³-hybridized carbons (Fsp3) is 0.629. The summed E-state index contributed by atoms with van der Waals surface area (Å²) < 4.78 is 0. The van der Waals surface area contributed by atoms with Gasteiger partial charge in [-0.15, -0.1) is 0 Å². The normalized spacial score (nSPS) is 26.0. The number of carbonyl (C=O) groups is 2. The topological polar surface area (TPSA) is 82.5 Å². The van der Waals surface area contributed by atoms with Crippen molar-refractivity contribution in [3.05, 3.63) is 60.4 Å². The minimum absolute atomic E-state index is 0.0641. The van der Waals surface area contributed by atoms with Crippen molar-refractivity contribution in [2.24, 2.45) is 17.8 Å². The predicted octanol–water partition coefficient (Wildman–Crippen LogP) is 7.13. The van der Waals surface area contributed by atoms with Crippen molar-refractivity contribution >= 4 is 17.5 Å². The molecule has 1 aromatic carbocycles. The summed E-state index contributed by atoms with van der Waals surface area (Å²) in [6.45, 7) is 7.75. The van der Waals surface area contributed by atoms with Crippen LogP contribution in [-0.4, -0.2) is 45.5 Å². The van der Waals surface area contributed by atoms with Gasteiger partial charge in [-0.25, -0.2) is 0 Å². The third-order valence-electron chi connectivity index (χ3n) is 10.0. The first-order chi connectivity index (χ1) is 19.7. The Hall–Kier alpha value is -2.73. The Morgan fingerprint density at radius 2 is 1.85 bits per heavy atom. The molecule has 2 aliphatic rings. The van der Waals surface area contributed by atoms with Crippen LogP contribution in [0, 0.1) is 17.8 Å². The van der Waals surface area contributed by atoms with Crippen molar-refractivity contribution < 1.29 is 14.7 Å². The highest BCUT2D eigenvalue weighted by Crippen LogP contribution is 2.45. The summed E-state index contributed by atoms with van der Waals surface area (Å²) in [7, 11) is 0. The summed E-state index contributed by atoms with van der Waals surface area (Å²) >= 11 is 0. The van der Waals surface area contributed by atoms with Crippen LogP contribution in [-0.2, 0) is 15.0 Å². The lowest BCUT2D eigenvalue weighted by molar-refractivity contribution is -0.139. The first-order valence-electron chi connectivity index (χ1n) is 16.0. The highest BCUT2D eigenvalue weighted by molar-refractivity contribution is 5.91. The number of nitrogens with zero attached hydrogens (tertiary/aromatic N) is 2.